The zero-order chi connectivity index (χ0) is 4.99. The maximum absolute atomic E-state index is 10.1. The first-order chi connectivity index (χ1) is 2.81. The molecule has 35 valence electrons. The van der Waals surface area contributed by atoms with Gasteiger partial charge in [-0.05, 0) is 6.08 Å². The first-order valence-electron chi connectivity index (χ1n) is 1.96. The van der Waals surface area contributed by atoms with Crippen LogP contribution in [0.5, 0.6) is 0 Å². The van der Waals surface area contributed by atoms with E-state index in [-0.39, 0.29) is 35.3 Å². The summed E-state index contributed by atoms with van der Waals surface area (Å²) < 4.78 is 0. The van der Waals surface area contributed by atoms with Crippen LogP contribution in [0.1, 0.15) is 13.3 Å². The van der Waals surface area contributed by atoms with E-state index < -0.39 is 0 Å². The molecule has 0 fully saturated rings. The Morgan fingerprint density at radius 2 is 2.29 bits per heavy atom. The third-order valence-electron chi connectivity index (χ3n) is 0.576. The topological polar surface area (TPSA) is 17.1 Å². The van der Waals surface area contributed by atoms with Gasteiger partial charge in [-0.2, -0.15) is 0 Å². The van der Waals surface area contributed by atoms with Gasteiger partial charge in [0.05, 0.1) is 0 Å². The van der Waals surface area contributed by atoms with Gasteiger partial charge >= 0.3 is 0 Å². The molecule has 7 heavy (non-hydrogen) atoms. The van der Waals surface area contributed by atoms with E-state index in [9.17, 15) is 4.79 Å². The summed E-state index contributed by atoms with van der Waals surface area (Å²) in [7, 11) is 0. The summed E-state index contributed by atoms with van der Waals surface area (Å²) >= 11 is 0. The third-order valence-corrected chi connectivity index (χ3v) is 0.576. The summed E-state index contributed by atoms with van der Waals surface area (Å²) in [5, 5.41) is 0. The second-order valence-electron chi connectivity index (χ2n) is 1.02. The molecule has 0 aliphatic carbocycles. The first kappa shape index (κ1) is 10.4. The zero-order valence-corrected chi connectivity index (χ0v) is 6.90. The smallest absolute Gasteiger partial charge is 0.154 e. The molecule has 1 nitrogen and oxygen atoms in total. The summed E-state index contributed by atoms with van der Waals surface area (Å²) in [6.07, 6.45) is 1.91. The molecule has 0 aromatic heterocycles. The van der Waals surface area contributed by atoms with Crippen LogP contribution in [0.2, 0.25) is 0 Å². The van der Waals surface area contributed by atoms with Crippen LogP contribution in [-0.2, 0) is 4.79 Å². The molecule has 0 saturated carbocycles. The molecule has 0 rings (SSSR count). The Labute approximate surface area is 66.1 Å². The van der Waals surface area contributed by atoms with Crippen LogP contribution >= 0.6 is 0 Å². The van der Waals surface area contributed by atoms with Crippen molar-refractivity contribution < 1.29 is 4.79 Å². The van der Waals surface area contributed by atoms with E-state index in [1.54, 1.807) is 0 Å². The Morgan fingerprint density at radius 1 is 1.86 bits per heavy atom. The van der Waals surface area contributed by atoms with Crippen molar-refractivity contribution in [3.63, 3.8) is 0 Å². The van der Waals surface area contributed by atoms with Gasteiger partial charge in [-0.3, -0.25) is 4.79 Å². The number of carbonyl (C=O) groups is 1. The Balaban J connectivity index is 0. The standard InChI is InChI=1S/C5H8O.Na/c1-3-5(6)4-2;/h3H,1,4H2,2H3;. The molecule has 0 N–H and O–H groups in total. The zero-order valence-electron chi connectivity index (χ0n) is 4.90. The van der Waals surface area contributed by atoms with Gasteiger partial charge in [0.15, 0.2) is 5.78 Å². The van der Waals surface area contributed by atoms with Crippen molar-refractivity contribution in [1.29, 1.82) is 0 Å². The van der Waals surface area contributed by atoms with Crippen molar-refractivity contribution in [3.05, 3.63) is 12.7 Å². The molecular weight excluding hydrogens is 99.0 g/mol. The SMILES string of the molecule is C=CC(=O)CC.[Na]. The molecule has 0 aromatic carbocycles. The van der Waals surface area contributed by atoms with Crippen molar-refractivity contribution in [2.45, 2.75) is 13.3 Å². The van der Waals surface area contributed by atoms with E-state index in [0.29, 0.717) is 6.42 Å². The van der Waals surface area contributed by atoms with Crippen LogP contribution < -0.4 is 0 Å². The summed E-state index contributed by atoms with van der Waals surface area (Å²) in [5.41, 5.74) is 0. The molecule has 1 radical (unpaired) electrons. The van der Waals surface area contributed by atoms with E-state index in [1.807, 2.05) is 6.92 Å². The fourth-order valence-electron chi connectivity index (χ4n) is 0.144. The number of hydrogen-bond donors (Lipinski definition) is 0. The number of hydrogen-bond acceptors (Lipinski definition) is 1. The minimum atomic E-state index is 0. The average molecular weight is 107 g/mol. The largest absolute Gasteiger partial charge is 0.295 e. The van der Waals surface area contributed by atoms with Gasteiger partial charge in [0.2, 0.25) is 0 Å². The molecule has 0 saturated heterocycles. The van der Waals surface area contributed by atoms with Crippen LogP contribution in [0.15, 0.2) is 12.7 Å². The normalized spacial score (nSPS) is 6.43. The Hall–Kier alpha value is 0.410. The average Bonchev–Trinajstić information content (AvgIpc) is 1.65. The van der Waals surface area contributed by atoms with Gasteiger partial charge < -0.3 is 0 Å². The van der Waals surface area contributed by atoms with Crippen LogP contribution in [-0.4, -0.2) is 35.3 Å². The van der Waals surface area contributed by atoms with Crippen molar-refractivity contribution in [2.24, 2.45) is 0 Å². The number of rotatable bonds is 2. The van der Waals surface area contributed by atoms with Crippen LogP contribution in [0.4, 0.5) is 0 Å². The monoisotopic (exact) mass is 107 g/mol. The van der Waals surface area contributed by atoms with Crippen LogP contribution in [0.25, 0.3) is 0 Å². The molecule has 0 unspecified atom stereocenters. The molecule has 0 heterocycles. The Morgan fingerprint density at radius 3 is 2.29 bits per heavy atom. The van der Waals surface area contributed by atoms with Crippen molar-refractivity contribution >= 4 is 35.3 Å². The van der Waals surface area contributed by atoms with Gasteiger partial charge in [0, 0.05) is 36.0 Å². The Kier molecular flexibility index (Phi) is 9.53. The van der Waals surface area contributed by atoms with E-state index in [0.717, 1.165) is 0 Å². The molecule has 0 aliphatic rings. The van der Waals surface area contributed by atoms with Gasteiger partial charge in [-0.25, -0.2) is 0 Å². The number of allylic oxidation sites excluding steroid dienone is 1. The minimum absolute atomic E-state index is 0. The second kappa shape index (κ2) is 6.41. The summed E-state index contributed by atoms with van der Waals surface area (Å²) in [5.74, 6) is 0.106. The van der Waals surface area contributed by atoms with E-state index in [4.69, 9.17) is 0 Å². The quantitative estimate of drug-likeness (QED) is 0.376. The molecule has 0 spiro atoms. The fourth-order valence-corrected chi connectivity index (χ4v) is 0.144. The van der Waals surface area contributed by atoms with E-state index in [2.05, 4.69) is 6.58 Å². The van der Waals surface area contributed by atoms with Crippen molar-refractivity contribution in [2.75, 3.05) is 0 Å². The predicted molar refractivity (Wildman–Crippen MR) is 31.2 cm³/mol. The summed E-state index contributed by atoms with van der Waals surface area (Å²) in [6, 6.07) is 0. The van der Waals surface area contributed by atoms with Crippen molar-refractivity contribution in [3.8, 4) is 0 Å². The maximum atomic E-state index is 10.1. The molecule has 0 aliphatic heterocycles. The summed E-state index contributed by atoms with van der Waals surface area (Å²) in [6.45, 7) is 5.09. The molecular formula is C5H8NaO. The Bertz CT molecular complexity index is 68.5. The van der Waals surface area contributed by atoms with Gasteiger partial charge in [-0.15, -0.1) is 0 Å². The molecule has 0 aromatic rings. The van der Waals surface area contributed by atoms with E-state index in [1.165, 1.54) is 6.08 Å². The number of ketones is 1. The second-order valence-corrected chi connectivity index (χ2v) is 1.02. The predicted octanol–water partition coefficient (Wildman–Crippen LogP) is 0.771. The third kappa shape index (κ3) is 6.41. The van der Waals surface area contributed by atoms with Crippen LogP contribution in [0.3, 0.4) is 0 Å². The van der Waals surface area contributed by atoms with Gasteiger partial charge in [0.25, 0.3) is 0 Å². The minimum Gasteiger partial charge on any atom is -0.295 e. The van der Waals surface area contributed by atoms with E-state index >= 15 is 0 Å². The molecule has 2 heteroatoms. The maximum Gasteiger partial charge on any atom is 0.154 e. The number of carbonyl (C=O) groups excluding carboxylic acids is 1. The molecule has 0 bridgehead atoms. The molecule has 0 atom stereocenters. The van der Waals surface area contributed by atoms with Gasteiger partial charge in [-0.1, -0.05) is 13.5 Å². The van der Waals surface area contributed by atoms with Crippen molar-refractivity contribution in [1.82, 2.24) is 0 Å². The first-order valence-corrected chi connectivity index (χ1v) is 1.96. The van der Waals surface area contributed by atoms with Crippen LogP contribution in [0, 0.1) is 0 Å². The summed E-state index contributed by atoms with van der Waals surface area (Å²) in [4.78, 5) is 10.1. The molecule has 0 amide bonds. The van der Waals surface area contributed by atoms with Gasteiger partial charge in [0.1, 0.15) is 0 Å². The fraction of sp³-hybridized carbons (Fsp3) is 0.400.